The summed E-state index contributed by atoms with van der Waals surface area (Å²) >= 11 is 0. The number of amides is 2. The number of hydrogen-bond acceptors (Lipinski definition) is 2. The third-order valence-electron chi connectivity index (χ3n) is 3.20. The summed E-state index contributed by atoms with van der Waals surface area (Å²) in [5.74, 6) is -0.696. The van der Waals surface area contributed by atoms with Gasteiger partial charge in [-0.3, -0.25) is 9.59 Å². The van der Waals surface area contributed by atoms with Gasteiger partial charge in [-0.2, -0.15) is 13.2 Å². The van der Waals surface area contributed by atoms with Crippen LogP contribution < -0.4 is 10.6 Å². The van der Waals surface area contributed by atoms with Crippen molar-refractivity contribution in [3.8, 4) is 0 Å². The number of hydrogen-bond donors (Lipinski definition) is 2. The lowest BCUT2D eigenvalue weighted by Gasteiger charge is -2.10. The van der Waals surface area contributed by atoms with E-state index in [-0.39, 0.29) is 17.2 Å². The topological polar surface area (TPSA) is 58.2 Å². The average Bonchev–Trinajstić information content (AvgIpc) is 2.54. The van der Waals surface area contributed by atoms with Crippen molar-refractivity contribution < 1.29 is 22.8 Å². The maximum atomic E-state index is 12.7. The zero-order chi connectivity index (χ0) is 17.7. The highest BCUT2D eigenvalue weighted by atomic mass is 19.4. The summed E-state index contributed by atoms with van der Waals surface area (Å²) in [5.41, 5.74) is 0.0236. The Morgan fingerprint density at radius 2 is 1.62 bits per heavy atom. The second kappa shape index (κ2) is 7.16. The molecule has 2 aromatic carbocycles. The minimum absolute atomic E-state index is 0.0539. The monoisotopic (exact) mass is 336 g/mol. The summed E-state index contributed by atoms with van der Waals surface area (Å²) < 4.78 is 38.0. The number of halogens is 3. The van der Waals surface area contributed by atoms with Gasteiger partial charge >= 0.3 is 6.18 Å². The van der Waals surface area contributed by atoms with Crippen LogP contribution in [0.5, 0.6) is 0 Å². The van der Waals surface area contributed by atoms with Crippen LogP contribution in [0.3, 0.4) is 0 Å². The summed E-state index contributed by atoms with van der Waals surface area (Å²) in [6.07, 6.45) is -4.14. The van der Waals surface area contributed by atoms with Gasteiger partial charge in [-0.05, 0) is 42.5 Å². The van der Waals surface area contributed by atoms with Crippen molar-refractivity contribution in [2.45, 2.75) is 19.5 Å². The first-order chi connectivity index (χ1) is 11.3. The molecule has 2 N–H and O–H groups in total. The third-order valence-corrected chi connectivity index (χ3v) is 3.20. The van der Waals surface area contributed by atoms with E-state index in [4.69, 9.17) is 0 Å². The number of nitrogens with one attached hydrogen (secondary N) is 2. The smallest absolute Gasteiger partial charge is 0.326 e. The van der Waals surface area contributed by atoms with Crippen molar-refractivity contribution in [1.29, 1.82) is 0 Å². The number of carbonyl (C=O) groups excluding carboxylic acids is 2. The fourth-order valence-corrected chi connectivity index (χ4v) is 1.93. The van der Waals surface area contributed by atoms with Crippen LogP contribution in [-0.2, 0) is 11.0 Å². The maximum Gasteiger partial charge on any atom is 0.416 e. The molecule has 0 unspecified atom stereocenters. The third kappa shape index (κ3) is 4.58. The van der Waals surface area contributed by atoms with E-state index in [0.29, 0.717) is 12.1 Å². The summed E-state index contributed by atoms with van der Waals surface area (Å²) in [7, 11) is 0. The minimum Gasteiger partial charge on any atom is -0.326 e. The van der Waals surface area contributed by atoms with E-state index in [1.54, 1.807) is 19.1 Å². The highest BCUT2D eigenvalue weighted by Gasteiger charge is 2.30. The zero-order valence-corrected chi connectivity index (χ0v) is 12.8. The second-order valence-electron chi connectivity index (χ2n) is 5.01. The second-order valence-corrected chi connectivity index (χ2v) is 5.01. The molecular weight excluding hydrogens is 321 g/mol. The first-order valence-corrected chi connectivity index (χ1v) is 7.18. The number of benzene rings is 2. The van der Waals surface area contributed by atoms with Crippen LogP contribution in [0.25, 0.3) is 0 Å². The predicted octanol–water partition coefficient (Wildman–Crippen LogP) is 4.31. The van der Waals surface area contributed by atoms with E-state index in [9.17, 15) is 22.8 Å². The first-order valence-electron chi connectivity index (χ1n) is 7.18. The van der Waals surface area contributed by atoms with Gasteiger partial charge in [0.15, 0.2) is 0 Å². The number of alkyl halides is 3. The molecule has 0 fully saturated rings. The molecule has 4 nitrogen and oxygen atoms in total. The van der Waals surface area contributed by atoms with Crippen molar-refractivity contribution in [3.05, 3.63) is 59.7 Å². The molecule has 0 saturated carbocycles. The molecule has 0 atom stereocenters. The van der Waals surface area contributed by atoms with Gasteiger partial charge in [-0.1, -0.05) is 13.0 Å². The highest BCUT2D eigenvalue weighted by molar-refractivity contribution is 6.04. The minimum atomic E-state index is -4.47. The van der Waals surface area contributed by atoms with Gasteiger partial charge in [0.05, 0.1) is 5.56 Å². The summed E-state index contributed by atoms with van der Waals surface area (Å²) in [6, 6.07) is 10.5. The van der Waals surface area contributed by atoms with Crippen molar-refractivity contribution >= 4 is 23.2 Å². The Bertz CT molecular complexity index is 740. The van der Waals surface area contributed by atoms with E-state index in [1.807, 2.05) is 0 Å². The van der Waals surface area contributed by atoms with Crippen molar-refractivity contribution in [1.82, 2.24) is 0 Å². The van der Waals surface area contributed by atoms with Crippen LogP contribution in [-0.4, -0.2) is 11.8 Å². The zero-order valence-electron chi connectivity index (χ0n) is 12.8. The van der Waals surface area contributed by atoms with Gasteiger partial charge in [0.25, 0.3) is 5.91 Å². The Hall–Kier alpha value is -2.83. The fraction of sp³-hybridized carbons (Fsp3) is 0.176. The van der Waals surface area contributed by atoms with Crippen LogP contribution in [0, 0.1) is 0 Å². The predicted molar refractivity (Wildman–Crippen MR) is 84.8 cm³/mol. The number of anilines is 2. The summed E-state index contributed by atoms with van der Waals surface area (Å²) in [6.45, 7) is 1.71. The van der Waals surface area contributed by atoms with E-state index in [0.717, 1.165) is 12.1 Å². The Kier molecular flexibility index (Phi) is 5.23. The Balaban J connectivity index is 2.08. The van der Waals surface area contributed by atoms with Crippen molar-refractivity contribution in [2.75, 3.05) is 10.6 Å². The molecule has 0 aromatic heterocycles. The largest absolute Gasteiger partial charge is 0.416 e. The van der Waals surface area contributed by atoms with Crippen LogP contribution in [0.2, 0.25) is 0 Å². The normalized spacial score (nSPS) is 11.0. The molecule has 0 radical (unpaired) electrons. The summed E-state index contributed by atoms with van der Waals surface area (Å²) in [4.78, 5) is 23.4. The molecule has 0 saturated heterocycles. The molecule has 7 heteroatoms. The molecule has 126 valence electrons. The van der Waals surface area contributed by atoms with E-state index in [2.05, 4.69) is 10.6 Å². The van der Waals surface area contributed by atoms with E-state index >= 15 is 0 Å². The van der Waals surface area contributed by atoms with Gasteiger partial charge in [0.1, 0.15) is 0 Å². The molecule has 0 aliphatic carbocycles. The fourth-order valence-electron chi connectivity index (χ4n) is 1.93. The van der Waals surface area contributed by atoms with Crippen LogP contribution in [0.15, 0.2) is 48.5 Å². The average molecular weight is 336 g/mol. The maximum absolute atomic E-state index is 12.7. The molecule has 24 heavy (non-hydrogen) atoms. The lowest BCUT2D eigenvalue weighted by atomic mass is 10.1. The van der Waals surface area contributed by atoms with Crippen molar-refractivity contribution in [3.63, 3.8) is 0 Å². The van der Waals surface area contributed by atoms with Crippen LogP contribution >= 0.6 is 0 Å². The lowest BCUT2D eigenvalue weighted by Crippen LogP contribution is -2.14. The van der Waals surface area contributed by atoms with E-state index in [1.165, 1.54) is 24.3 Å². The van der Waals surface area contributed by atoms with Gasteiger partial charge in [-0.15, -0.1) is 0 Å². The molecule has 2 amide bonds. The van der Waals surface area contributed by atoms with Gasteiger partial charge < -0.3 is 10.6 Å². The van der Waals surface area contributed by atoms with Gasteiger partial charge in [-0.25, -0.2) is 0 Å². The van der Waals surface area contributed by atoms with Gasteiger partial charge in [0.2, 0.25) is 5.91 Å². The first kappa shape index (κ1) is 17.5. The Labute approximate surface area is 136 Å². The molecular formula is C17H15F3N2O2. The van der Waals surface area contributed by atoms with E-state index < -0.39 is 17.6 Å². The molecule has 0 bridgehead atoms. The number of carbonyl (C=O) groups is 2. The molecule has 0 aliphatic rings. The Morgan fingerprint density at radius 1 is 0.958 bits per heavy atom. The lowest BCUT2D eigenvalue weighted by molar-refractivity contribution is -0.137. The standard InChI is InChI=1S/C17H15F3N2O2/c1-2-15(23)21-13-8-6-11(7-9-13)16(24)22-14-5-3-4-12(10-14)17(18,19)20/h3-10H,2H2,1H3,(H,21,23)(H,22,24). The van der Waals surface area contributed by atoms with Crippen LogP contribution in [0.4, 0.5) is 24.5 Å². The molecule has 0 heterocycles. The molecule has 0 spiro atoms. The molecule has 0 aliphatic heterocycles. The Morgan fingerprint density at radius 3 is 2.21 bits per heavy atom. The molecule has 2 rings (SSSR count). The summed E-state index contributed by atoms with van der Waals surface area (Å²) in [5, 5.41) is 5.05. The van der Waals surface area contributed by atoms with Crippen molar-refractivity contribution in [2.24, 2.45) is 0 Å². The van der Waals surface area contributed by atoms with Gasteiger partial charge in [0, 0.05) is 23.4 Å². The highest BCUT2D eigenvalue weighted by Crippen LogP contribution is 2.30. The SMILES string of the molecule is CCC(=O)Nc1ccc(C(=O)Nc2cccc(C(F)(F)F)c2)cc1. The number of rotatable bonds is 4. The molecule has 2 aromatic rings. The quantitative estimate of drug-likeness (QED) is 0.874. The van der Waals surface area contributed by atoms with Crippen LogP contribution in [0.1, 0.15) is 29.3 Å².